The van der Waals surface area contributed by atoms with Gasteiger partial charge in [0.1, 0.15) is 29.0 Å². The minimum Gasteiger partial charge on any atom is -0.370 e. The minimum absolute atomic E-state index is 0.0354. The maximum atomic E-state index is 13.8. The fourth-order valence-corrected chi connectivity index (χ4v) is 5.36. The van der Waals surface area contributed by atoms with Crippen molar-refractivity contribution in [1.82, 2.24) is 9.62 Å². The third kappa shape index (κ3) is 5.42. The number of nitrogens with zero attached hydrogens (tertiary/aromatic N) is 5. The number of carbonyl (C=O) groups excluding carboxylic acids is 2. The number of fused-ring (bicyclic) bond motifs is 1. The number of nitrogens with one attached hydrogen (secondary N) is 1. The Labute approximate surface area is 240 Å². The zero-order chi connectivity index (χ0) is 30.1. The van der Waals surface area contributed by atoms with Gasteiger partial charge in [0.15, 0.2) is 5.78 Å². The Bertz CT molecular complexity index is 1720. The van der Waals surface area contributed by atoms with Crippen molar-refractivity contribution < 1.29 is 18.0 Å². The number of allylic oxidation sites excluding steroid dienone is 2. The summed E-state index contributed by atoms with van der Waals surface area (Å²) >= 11 is 0. The van der Waals surface area contributed by atoms with Gasteiger partial charge in [-0.1, -0.05) is 30.3 Å². The molecule has 2 aromatic rings. The van der Waals surface area contributed by atoms with Gasteiger partial charge in [0.2, 0.25) is 15.9 Å². The number of aryl methyl sites for hydroxylation is 1. The van der Waals surface area contributed by atoms with Crippen LogP contribution < -0.4 is 9.62 Å². The summed E-state index contributed by atoms with van der Waals surface area (Å²) in [4.78, 5) is 35.1. The predicted molar refractivity (Wildman–Crippen MR) is 156 cm³/mol. The average Bonchev–Trinajstić information content (AvgIpc) is 3.25. The molecular weight excluding hydrogens is 540 g/mol. The number of hydrogen-bond acceptors (Lipinski definition) is 8. The van der Waals surface area contributed by atoms with Crippen LogP contribution in [-0.4, -0.2) is 56.7 Å². The molecule has 2 aliphatic heterocycles. The number of ketones is 1. The lowest BCUT2D eigenvalue weighted by atomic mass is 9.79. The molecule has 0 radical (unpaired) electrons. The molecule has 2 heterocycles. The number of hydrogen-bond donors (Lipinski definition) is 1. The lowest BCUT2D eigenvalue weighted by Gasteiger charge is -2.34. The number of carbonyl (C=O) groups is 2. The van der Waals surface area contributed by atoms with Gasteiger partial charge in [-0.15, -0.1) is 0 Å². The molecule has 2 aromatic carbocycles. The highest BCUT2D eigenvalue weighted by molar-refractivity contribution is 7.88. The van der Waals surface area contributed by atoms with Crippen molar-refractivity contribution >= 4 is 44.5 Å². The van der Waals surface area contributed by atoms with E-state index in [0.717, 1.165) is 17.5 Å². The third-order valence-electron chi connectivity index (χ3n) is 7.10. The maximum Gasteiger partial charge on any atom is 0.246 e. The largest absolute Gasteiger partial charge is 0.370 e. The normalized spacial score (nSPS) is 17.5. The van der Waals surface area contributed by atoms with Crippen LogP contribution in [0.2, 0.25) is 0 Å². The predicted octanol–water partition coefficient (Wildman–Crippen LogP) is 3.61. The number of sulfonamides is 1. The first-order valence-electron chi connectivity index (χ1n) is 13.0. The molecule has 0 aliphatic carbocycles. The van der Waals surface area contributed by atoms with Crippen LogP contribution in [0.3, 0.4) is 0 Å². The van der Waals surface area contributed by atoms with E-state index in [4.69, 9.17) is 4.99 Å². The van der Waals surface area contributed by atoms with E-state index in [2.05, 4.69) is 10.8 Å². The van der Waals surface area contributed by atoms with Crippen LogP contribution in [0.4, 0.5) is 11.4 Å². The summed E-state index contributed by atoms with van der Waals surface area (Å²) in [5.41, 5.74) is 1.36. The summed E-state index contributed by atoms with van der Waals surface area (Å²) in [6.45, 7) is 8.11. The molecule has 11 heteroatoms. The average molecular weight is 571 g/mol. The van der Waals surface area contributed by atoms with E-state index in [0.29, 0.717) is 29.9 Å². The van der Waals surface area contributed by atoms with Gasteiger partial charge < -0.3 is 4.90 Å². The molecular formula is C30H30N6O4S. The van der Waals surface area contributed by atoms with E-state index in [9.17, 15) is 28.5 Å². The van der Waals surface area contributed by atoms with E-state index in [1.54, 1.807) is 30.3 Å². The van der Waals surface area contributed by atoms with Gasteiger partial charge in [-0.05, 0) is 57.0 Å². The number of aliphatic imine (C=N–C) groups is 1. The zero-order valence-corrected chi connectivity index (χ0v) is 24.3. The molecule has 4 rings (SSSR count). The molecule has 0 saturated heterocycles. The number of amidine groups is 1. The molecule has 0 unspecified atom stereocenters. The molecule has 0 atom stereocenters. The summed E-state index contributed by atoms with van der Waals surface area (Å²) < 4.78 is 25.4. The van der Waals surface area contributed by atoms with Gasteiger partial charge in [-0.25, -0.2) is 18.1 Å². The first kappa shape index (κ1) is 29.4. The van der Waals surface area contributed by atoms with E-state index in [1.807, 2.05) is 43.0 Å². The first-order chi connectivity index (χ1) is 19.3. The van der Waals surface area contributed by atoms with Crippen LogP contribution in [-0.2, 0) is 19.6 Å². The Hall–Kier alpha value is -4.58. The number of anilines is 1. The number of amides is 1. The molecule has 1 amide bonds. The van der Waals surface area contributed by atoms with Gasteiger partial charge in [0, 0.05) is 30.9 Å². The second kappa shape index (κ2) is 11.1. The van der Waals surface area contributed by atoms with Crippen LogP contribution in [0.5, 0.6) is 0 Å². The van der Waals surface area contributed by atoms with Crippen LogP contribution in [0.15, 0.2) is 70.4 Å². The van der Waals surface area contributed by atoms with Crippen molar-refractivity contribution in [2.24, 2.45) is 10.4 Å². The molecule has 210 valence electrons. The van der Waals surface area contributed by atoms with Gasteiger partial charge in [-0.2, -0.15) is 10.5 Å². The number of nitriles is 2. The van der Waals surface area contributed by atoms with Crippen molar-refractivity contribution in [3.63, 3.8) is 0 Å². The van der Waals surface area contributed by atoms with Gasteiger partial charge in [0.25, 0.3) is 0 Å². The Morgan fingerprint density at radius 3 is 2.27 bits per heavy atom. The van der Waals surface area contributed by atoms with Crippen molar-refractivity contribution in [1.29, 1.82) is 10.5 Å². The zero-order valence-electron chi connectivity index (χ0n) is 23.5. The standard InChI is InChI=1S/C30H30N6O4S/c1-6-35(15-14-33-41(5,39)40)21-12-13-24(19(2)16-21)34-28-25(20-10-8-7-9-11-20)22(17-31)26-23(18-32)27(37)30(3,4)29(38)36(26)28/h7-13,16,33H,6,14-15H2,1-5H3. The quantitative estimate of drug-likeness (QED) is 0.477. The molecule has 0 aromatic heterocycles. The van der Waals surface area contributed by atoms with Crippen molar-refractivity contribution in [3.05, 3.63) is 76.5 Å². The summed E-state index contributed by atoms with van der Waals surface area (Å²) in [7, 11) is -3.30. The Kier molecular flexibility index (Phi) is 7.98. The SMILES string of the molecule is CCN(CCNS(C)(=O)=O)c1ccc(N=C2C(c3ccccc3)=C(C#N)C3=C(C#N)C(=O)C(C)(C)C(=O)N23)c(C)c1. The topological polar surface area (TPSA) is 147 Å². The van der Waals surface area contributed by atoms with Crippen LogP contribution in [0.25, 0.3) is 5.57 Å². The second-order valence-electron chi connectivity index (χ2n) is 10.3. The van der Waals surface area contributed by atoms with E-state index in [-0.39, 0.29) is 29.2 Å². The van der Waals surface area contributed by atoms with Crippen molar-refractivity contribution in [2.45, 2.75) is 27.7 Å². The Morgan fingerprint density at radius 1 is 1.05 bits per heavy atom. The maximum absolute atomic E-state index is 13.8. The fraction of sp³-hybridized carbons (Fsp3) is 0.300. The van der Waals surface area contributed by atoms with Gasteiger partial charge >= 0.3 is 0 Å². The molecule has 10 nitrogen and oxygen atoms in total. The van der Waals surface area contributed by atoms with E-state index >= 15 is 0 Å². The van der Waals surface area contributed by atoms with E-state index in [1.165, 1.54) is 18.7 Å². The summed E-state index contributed by atoms with van der Waals surface area (Å²) in [6.07, 6.45) is 1.12. The number of rotatable bonds is 8. The van der Waals surface area contributed by atoms with Gasteiger partial charge in [-0.3, -0.25) is 14.5 Å². The molecule has 0 spiro atoms. The summed E-state index contributed by atoms with van der Waals surface area (Å²) in [6, 6.07) is 18.6. The fourth-order valence-electron chi connectivity index (χ4n) is 4.90. The Morgan fingerprint density at radius 2 is 1.71 bits per heavy atom. The molecule has 0 bridgehead atoms. The lowest BCUT2D eigenvalue weighted by Crippen LogP contribution is -2.50. The molecule has 1 N–H and O–H groups in total. The van der Waals surface area contributed by atoms with Crippen LogP contribution in [0.1, 0.15) is 31.9 Å². The highest BCUT2D eigenvalue weighted by Crippen LogP contribution is 2.45. The number of benzene rings is 2. The first-order valence-corrected chi connectivity index (χ1v) is 14.9. The van der Waals surface area contributed by atoms with Gasteiger partial charge in [0.05, 0.1) is 23.2 Å². The smallest absolute Gasteiger partial charge is 0.246 e. The number of likely N-dealkylation sites (N-methyl/N-ethyl adjacent to an activating group) is 1. The van der Waals surface area contributed by atoms with E-state index < -0.39 is 27.1 Å². The highest BCUT2D eigenvalue weighted by atomic mass is 32.2. The van der Waals surface area contributed by atoms with Crippen molar-refractivity contribution in [3.8, 4) is 12.1 Å². The lowest BCUT2D eigenvalue weighted by molar-refractivity contribution is -0.143. The van der Waals surface area contributed by atoms with Crippen molar-refractivity contribution in [2.75, 3.05) is 30.8 Å². The summed E-state index contributed by atoms with van der Waals surface area (Å²) in [5.74, 6) is -1.04. The second-order valence-corrected chi connectivity index (χ2v) is 12.1. The van der Waals surface area contributed by atoms with Crippen LogP contribution in [0, 0.1) is 35.0 Å². The minimum atomic E-state index is -3.30. The molecule has 2 aliphatic rings. The molecule has 0 saturated carbocycles. The highest BCUT2D eigenvalue weighted by Gasteiger charge is 2.53. The molecule has 41 heavy (non-hydrogen) atoms. The summed E-state index contributed by atoms with van der Waals surface area (Å²) in [5, 5.41) is 20.2. The number of Topliss-reactive ketones (excluding diaryl/α,β-unsaturated/α-hetero) is 1. The monoisotopic (exact) mass is 570 g/mol. The molecule has 0 fully saturated rings. The Balaban J connectivity index is 1.88. The third-order valence-corrected chi connectivity index (χ3v) is 7.83. The van der Waals surface area contributed by atoms with Crippen LogP contribution >= 0.6 is 0 Å².